The highest BCUT2D eigenvalue weighted by molar-refractivity contribution is 7.26. The Kier molecular flexibility index (Phi) is 19.1. The fraction of sp³-hybridized carbons (Fsp3) is 0.109. The van der Waals surface area contributed by atoms with Crippen molar-refractivity contribution in [2.45, 2.75) is 72.6 Å². The predicted molar refractivity (Wildman–Crippen MR) is 462 cm³/mol. The first kappa shape index (κ1) is 67.7. The Balaban J connectivity index is 0.0000000979. The Morgan fingerprint density at radius 2 is 0.594 bits per heavy atom. The van der Waals surface area contributed by atoms with Crippen molar-refractivity contribution in [1.82, 2.24) is 0 Å². The van der Waals surface area contributed by atoms with Gasteiger partial charge in [-0.25, -0.2) is 0 Å². The zero-order valence-corrected chi connectivity index (χ0v) is 62.8. The van der Waals surface area contributed by atoms with E-state index in [1.54, 1.807) is 0 Å². The van der Waals surface area contributed by atoms with E-state index in [0.29, 0.717) is 5.92 Å². The smallest absolute Gasteiger partial charge is 0.143 e. The zero-order valence-electron chi connectivity index (χ0n) is 60.3. The minimum Gasteiger partial charge on any atom is -0.455 e. The van der Waals surface area contributed by atoms with Gasteiger partial charge in [0.05, 0.1) is 0 Å². The van der Waals surface area contributed by atoms with Crippen molar-refractivity contribution in [1.29, 1.82) is 0 Å². The lowest BCUT2D eigenvalue weighted by atomic mass is 9.83. The lowest BCUT2D eigenvalue weighted by molar-refractivity contribution is 0.442. The van der Waals surface area contributed by atoms with E-state index in [-0.39, 0.29) is 0 Å². The van der Waals surface area contributed by atoms with Crippen LogP contribution < -0.4 is 0 Å². The van der Waals surface area contributed by atoms with E-state index in [1.165, 1.54) is 181 Å². The monoisotopic (exact) mass is 1420 g/mol. The van der Waals surface area contributed by atoms with Crippen molar-refractivity contribution in [3.05, 3.63) is 361 Å². The minimum atomic E-state index is 0.688. The molecule has 0 radical (unpaired) electrons. The van der Waals surface area contributed by atoms with E-state index in [2.05, 4.69) is 356 Å². The average molecular weight is 1420 g/mol. The molecule has 0 N–H and O–H groups in total. The Bertz CT molecular complexity index is 6550. The van der Waals surface area contributed by atoms with Gasteiger partial charge in [0.2, 0.25) is 0 Å². The lowest BCUT2D eigenvalue weighted by Gasteiger charge is -2.21. The molecule has 15 aromatic carbocycles. The van der Waals surface area contributed by atoms with E-state index < -0.39 is 0 Å². The molecule has 0 aliphatic heterocycles. The molecule has 0 unspecified atom stereocenters. The van der Waals surface area contributed by atoms with Crippen LogP contribution in [-0.4, -0.2) is 0 Å². The third-order valence-electron chi connectivity index (χ3n) is 21.1. The summed E-state index contributed by atoms with van der Waals surface area (Å²) in [4.78, 5) is 0. The Labute approximate surface area is 631 Å². The van der Waals surface area contributed by atoms with Crippen molar-refractivity contribution >= 4 is 138 Å². The quantitative estimate of drug-likeness (QED) is 0.166. The second-order valence-electron chi connectivity index (χ2n) is 28.2. The highest BCUT2D eigenvalue weighted by Gasteiger charge is 2.22. The number of furan rings is 2. The fourth-order valence-corrected chi connectivity index (χ4v) is 19.2. The number of rotatable bonds is 6. The molecule has 21 rings (SSSR count). The molecular weight excluding hydrogens is 1340 g/mol. The Hall–Kier alpha value is -11.4. The van der Waals surface area contributed by atoms with Crippen molar-refractivity contribution in [3.8, 4) is 55.6 Å². The van der Waals surface area contributed by atoms with Crippen LogP contribution in [0.4, 0.5) is 0 Å². The van der Waals surface area contributed by atoms with Gasteiger partial charge in [-0.2, -0.15) is 0 Å². The van der Waals surface area contributed by atoms with Crippen molar-refractivity contribution < 1.29 is 8.83 Å². The second kappa shape index (κ2) is 30.0. The van der Waals surface area contributed by atoms with Gasteiger partial charge in [-0.3, -0.25) is 0 Å². The summed E-state index contributed by atoms with van der Waals surface area (Å²) in [7, 11) is 0. The van der Waals surface area contributed by atoms with Crippen molar-refractivity contribution in [2.24, 2.45) is 0 Å². The summed E-state index contributed by atoms with van der Waals surface area (Å²) < 4.78 is 20.9. The molecule has 2 nitrogen and oxygen atoms in total. The van der Waals surface area contributed by atoms with Crippen LogP contribution in [0, 0.1) is 34.6 Å². The summed E-state index contributed by atoms with van der Waals surface area (Å²) in [5.74, 6) is 0.688. The number of hydrogen-bond acceptors (Lipinski definition) is 5. The molecule has 514 valence electrons. The summed E-state index contributed by atoms with van der Waals surface area (Å²) in [5, 5.41) is 13.1. The first-order valence-electron chi connectivity index (χ1n) is 37.0. The minimum absolute atomic E-state index is 0.688. The molecule has 1 fully saturated rings. The molecule has 5 heteroatoms. The summed E-state index contributed by atoms with van der Waals surface area (Å²) in [6, 6.07) is 117. The van der Waals surface area contributed by atoms with E-state index in [1.807, 2.05) is 40.1 Å². The molecule has 1 saturated carbocycles. The number of thiophene rings is 3. The third kappa shape index (κ3) is 13.4. The fourth-order valence-electron chi connectivity index (χ4n) is 15.8. The van der Waals surface area contributed by atoms with E-state index in [4.69, 9.17) is 8.83 Å². The molecule has 0 saturated heterocycles. The number of aryl methyl sites for hydroxylation is 5. The topological polar surface area (TPSA) is 26.3 Å². The highest BCUT2D eigenvalue weighted by Crippen LogP contribution is 2.46. The lowest BCUT2D eigenvalue weighted by Crippen LogP contribution is -2.04. The molecule has 0 amide bonds. The van der Waals surface area contributed by atoms with Crippen LogP contribution >= 0.6 is 34.0 Å². The molecule has 0 spiro atoms. The Morgan fingerprint density at radius 3 is 1.14 bits per heavy atom. The van der Waals surface area contributed by atoms with Crippen LogP contribution in [0.3, 0.4) is 0 Å². The van der Waals surface area contributed by atoms with Gasteiger partial charge >= 0.3 is 0 Å². The van der Waals surface area contributed by atoms with E-state index >= 15 is 0 Å². The molecule has 0 atom stereocenters. The zero-order chi connectivity index (χ0) is 71.6. The van der Waals surface area contributed by atoms with Gasteiger partial charge in [0.25, 0.3) is 0 Å². The number of hydrogen-bond donors (Lipinski definition) is 0. The number of fused-ring (bicyclic) bond motifs is 15. The highest BCUT2D eigenvalue weighted by atomic mass is 32.1. The standard InChI is InChI=1S/C25H18O.C19H20O.3C19H14S/c1-17-13-15-19(16-14-17)21-10-6-12-23-22-11-5-9-20(24(22)26-25(21)23)18-7-3-2-4-8-18;1-13-7-5-11-16-17-12-6-10-15(19(17)20-18(13)16)14-8-3-2-4-9-14;1-13-6-4-7-14(12-13)15-9-5-11-18-19(15)16-8-2-3-10-17(16)20-18;1-13-7-2-3-8-14(13)15-10-6-12-18-19(15)16-9-4-5-11-17(16)20-18;1-13-9-11-14(12-10-13)15-6-4-8-18-19(15)16-5-2-3-7-17(16)20-18/h2-16H,1H3;5-7,10-12,14H,2-4,8-9H2,1H3;3*2-12H,1H3. The second-order valence-corrected chi connectivity index (χ2v) is 31.4. The van der Waals surface area contributed by atoms with Gasteiger partial charge in [-0.05, 0) is 151 Å². The van der Waals surface area contributed by atoms with Crippen LogP contribution in [0.15, 0.2) is 336 Å². The average Bonchev–Trinajstić information content (AvgIpc) is 1.62. The van der Waals surface area contributed by atoms with Crippen LogP contribution in [-0.2, 0) is 0 Å². The van der Waals surface area contributed by atoms with Crippen LogP contribution in [0.2, 0.25) is 0 Å². The molecule has 0 bridgehead atoms. The van der Waals surface area contributed by atoms with Gasteiger partial charge in [-0.15, -0.1) is 34.0 Å². The molecule has 1 aliphatic carbocycles. The van der Waals surface area contributed by atoms with Gasteiger partial charge < -0.3 is 8.83 Å². The predicted octanol–water partition coefficient (Wildman–Crippen LogP) is 31.3. The van der Waals surface area contributed by atoms with Crippen LogP contribution in [0.25, 0.3) is 160 Å². The van der Waals surface area contributed by atoms with Gasteiger partial charge in [0, 0.05) is 93.2 Å². The molecule has 106 heavy (non-hydrogen) atoms. The normalized spacial score (nSPS) is 12.3. The molecule has 5 heterocycles. The third-order valence-corrected chi connectivity index (χ3v) is 24.5. The van der Waals surface area contributed by atoms with Crippen LogP contribution in [0.5, 0.6) is 0 Å². The summed E-state index contributed by atoms with van der Waals surface area (Å²) in [6.45, 7) is 10.7. The van der Waals surface area contributed by atoms with Crippen molar-refractivity contribution in [3.63, 3.8) is 0 Å². The Morgan fingerprint density at radius 1 is 0.236 bits per heavy atom. The maximum absolute atomic E-state index is 6.45. The molecule has 5 aromatic heterocycles. The molecule has 1 aliphatic rings. The van der Waals surface area contributed by atoms with Crippen molar-refractivity contribution in [2.75, 3.05) is 0 Å². The maximum atomic E-state index is 6.45. The van der Waals surface area contributed by atoms with Gasteiger partial charge in [0.15, 0.2) is 0 Å². The first-order chi connectivity index (χ1) is 52.1. The largest absolute Gasteiger partial charge is 0.455 e. The van der Waals surface area contributed by atoms with Gasteiger partial charge in [-0.1, -0.05) is 327 Å². The summed E-state index contributed by atoms with van der Waals surface area (Å²) in [6.07, 6.45) is 6.75. The van der Waals surface area contributed by atoms with E-state index in [9.17, 15) is 0 Å². The molecule has 20 aromatic rings. The van der Waals surface area contributed by atoms with E-state index in [0.717, 1.165) is 44.2 Å². The first-order valence-corrected chi connectivity index (χ1v) is 39.5. The molecular formula is C101H80O2S3. The summed E-state index contributed by atoms with van der Waals surface area (Å²) in [5.41, 5.74) is 24.5. The van der Waals surface area contributed by atoms with Gasteiger partial charge in [0.1, 0.15) is 22.3 Å². The maximum Gasteiger partial charge on any atom is 0.143 e. The van der Waals surface area contributed by atoms with Crippen LogP contribution in [0.1, 0.15) is 71.4 Å². The number of para-hydroxylation sites is 4. The SMILES string of the molecule is Cc1ccc(-c2cccc3c2oc2c(-c4ccccc4)cccc23)cc1.Cc1ccc(-c2cccc3sc4ccccc4c23)cc1.Cc1cccc(-c2cccc3sc4ccccc4c23)c1.Cc1cccc2c1oc1c(C3CCCCC3)cccc12.Cc1ccccc1-c1cccc2sc3ccccc3c12. The number of benzene rings is 15. The summed E-state index contributed by atoms with van der Waals surface area (Å²) >= 11 is 5.62.